The van der Waals surface area contributed by atoms with Gasteiger partial charge < -0.3 is 9.88 Å². The first-order valence-corrected chi connectivity index (χ1v) is 7.83. The third kappa shape index (κ3) is 4.71. The molecule has 0 saturated heterocycles. The Labute approximate surface area is 128 Å². The zero-order valence-electron chi connectivity index (χ0n) is 13.6. The van der Waals surface area contributed by atoms with E-state index in [0.717, 1.165) is 25.5 Å². The van der Waals surface area contributed by atoms with Gasteiger partial charge in [0, 0.05) is 25.5 Å². The summed E-state index contributed by atoms with van der Waals surface area (Å²) in [6.45, 7) is 11.8. The number of imidazole rings is 1. The van der Waals surface area contributed by atoms with Crippen molar-refractivity contribution in [1.29, 1.82) is 0 Å². The van der Waals surface area contributed by atoms with Crippen molar-refractivity contribution in [2.24, 2.45) is 5.92 Å². The number of aromatic nitrogens is 2. The van der Waals surface area contributed by atoms with E-state index < -0.39 is 0 Å². The monoisotopic (exact) mass is 285 g/mol. The standard InChI is InChI=1S/C18H27N3/c1-14(2)11-19-12-15(3)18-7-5-17(6-8-18)13-21-10-9-20-16(21)4/h5-10,14-15,19H,11-13H2,1-4H3. The Morgan fingerprint density at radius 1 is 1.10 bits per heavy atom. The van der Waals surface area contributed by atoms with E-state index in [1.807, 2.05) is 19.3 Å². The normalized spacial score (nSPS) is 12.8. The molecular weight excluding hydrogens is 258 g/mol. The van der Waals surface area contributed by atoms with E-state index in [-0.39, 0.29) is 0 Å². The molecule has 2 rings (SSSR count). The number of nitrogens with one attached hydrogen (secondary N) is 1. The van der Waals surface area contributed by atoms with Crippen molar-refractivity contribution >= 4 is 0 Å². The van der Waals surface area contributed by atoms with Crippen LogP contribution in [0.3, 0.4) is 0 Å². The number of hydrogen-bond acceptors (Lipinski definition) is 2. The molecule has 1 aromatic carbocycles. The third-order valence-electron chi connectivity index (χ3n) is 3.83. The fraction of sp³-hybridized carbons (Fsp3) is 0.500. The second-order valence-corrected chi connectivity index (χ2v) is 6.30. The molecular formula is C18H27N3. The Kier molecular flexibility index (Phi) is 5.57. The van der Waals surface area contributed by atoms with Crippen LogP contribution in [0.1, 0.15) is 43.6 Å². The minimum absolute atomic E-state index is 0.549. The summed E-state index contributed by atoms with van der Waals surface area (Å²) in [6.07, 6.45) is 3.88. The molecule has 21 heavy (non-hydrogen) atoms. The Bertz CT molecular complexity index is 540. The van der Waals surface area contributed by atoms with Crippen LogP contribution in [-0.4, -0.2) is 22.6 Å². The predicted octanol–water partition coefficient (Wildman–Crippen LogP) is 3.59. The summed E-state index contributed by atoms with van der Waals surface area (Å²) in [5, 5.41) is 3.53. The molecule has 0 spiro atoms. The minimum Gasteiger partial charge on any atom is -0.331 e. The van der Waals surface area contributed by atoms with E-state index in [1.165, 1.54) is 11.1 Å². The number of rotatable bonds is 7. The first-order chi connectivity index (χ1) is 10.1. The highest BCUT2D eigenvalue weighted by Crippen LogP contribution is 2.16. The summed E-state index contributed by atoms with van der Waals surface area (Å²) in [6, 6.07) is 8.97. The molecule has 0 saturated carbocycles. The fourth-order valence-corrected chi connectivity index (χ4v) is 2.43. The second kappa shape index (κ2) is 7.41. The highest BCUT2D eigenvalue weighted by atomic mass is 15.0. The average molecular weight is 285 g/mol. The molecule has 0 bridgehead atoms. The fourth-order valence-electron chi connectivity index (χ4n) is 2.43. The van der Waals surface area contributed by atoms with Gasteiger partial charge in [-0.3, -0.25) is 0 Å². The van der Waals surface area contributed by atoms with Crippen LogP contribution in [0.2, 0.25) is 0 Å². The molecule has 1 unspecified atom stereocenters. The Hall–Kier alpha value is -1.61. The third-order valence-corrected chi connectivity index (χ3v) is 3.83. The van der Waals surface area contributed by atoms with Gasteiger partial charge in [0.15, 0.2) is 0 Å². The summed E-state index contributed by atoms with van der Waals surface area (Å²) in [5.74, 6) is 2.32. The van der Waals surface area contributed by atoms with Crippen molar-refractivity contribution in [3.63, 3.8) is 0 Å². The second-order valence-electron chi connectivity index (χ2n) is 6.30. The quantitative estimate of drug-likeness (QED) is 0.842. The molecule has 0 aliphatic heterocycles. The van der Waals surface area contributed by atoms with Crippen molar-refractivity contribution in [3.05, 3.63) is 53.6 Å². The number of aryl methyl sites for hydroxylation is 1. The molecule has 0 fully saturated rings. The van der Waals surface area contributed by atoms with Crippen molar-refractivity contribution in [2.75, 3.05) is 13.1 Å². The maximum atomic E-state index is 4.26. The Morgan fingerprint density at radius 3 is 2.38 bits per heavy atom. The maximum Gasteiger partial charge on any atom is 0.105 e. The largest absolute Gasteiger partial charge is 0.331 e. The molecule has 1 heterocycles. The topological polar surface area (TPSA) is 29.9 Å². The smallest absolute Gasteiger partial charge is 0.105 e. The van der Waals surface area contributed by atoms with Gasteiger partial charge in [-0.15, -0.1) is 0 Å². The van der Waals surface area contributed by atoms with Crippen molar-refractivity contribution in [2.45, 2.75) is 40.2 Å². The molecule has 0 amide bonds. The molecule has 0 aliphatic carbocycles. The van der Waals surface area contributed by atoms with Crippen LogP contribution < -0.4 is 5.32 Å². The zero-order chi connectivity index (χ0) is 15.2. The summed E-state index contributed by atoms with van der Waals surface area (Å²) in [7, 11) is 0. The van der Waals surface area contributed by atoms with E-state index in [9.17, 15) is 0 Å². The first-order valence-electron chi connectivity index (χ1n) is 7.83. The highest BCUT2D eigenvalue weighted by Gasteiger charge is 2.06. The van der Waals surface area contributed by atoms with Crippen LogP contribution in [0, 0.1) is 12.8 Å². The van der Waals surface area contributed by atoms with E-state index in [2.05, 4.69) is 59.9 Å². The maximum absolute atomic E-state index is 4.26. The van der Waals surface area contributed by atoms with Crippen molar-refractivity contribution in [3.8, 4) is 0 Å². The lowest BCUT2D eigenvalue weighted by Crippen LogP contribution is -2.24. The van der Waals surface area contributed by atoms with E-state index in [4.69, 9.17) is 0 Å². The molecule has 0 aliphatic rings. The predicted molar refractivity (Wildman–Crippen MR) is 88.6 cm³/mol. The lowest BCUT2D eigenvalue weighted by Gasteiger charge is -2.15. The molecule has 3 nitrogen and oxygen atoms in total. The number of hydrogen-bond donors (Lipinski definition) is 1. The van der Waals surface area contributed by atoms with Crippen LogP contribution in [0.25, 0.3) is 0 Å². The van der Waals surface area contributed by atoms with Gasteiger partial charge in [-0.1, -0.05) is 45.0 Å². The van der Waals surface area contributed by atoms with Crippen LogP contribution >= 0.6 is 0 Å². The van der Waals surface area contributed by atoms with Gasteiger partial charge in [-0.2, -0.15) is 0 Å². The Balaban J connectivity index is 1.90. The number of nitrogens with zero attached hydrogens (tertiary/aromatic N) is 2. The van der Waals surface area contributed by atoms with Gasteiger partial charge >= 0.3 is 0 Å². The van der Waals surface area contributed by atoms with Gasteiger partial charge in [0.25, 0.3) is 0 Å². The van der Waals surface area contributed by atoms with Crippen LogP contribution in [0.4, 0.5) is 0 Å². The summed E-state index contributed by atoms with van der Waals surface area (Å²) in [4.78, 5) is 4.26. The average Bonchev–Trinajstić information content (AvgIpc) is 2.84. The van der Waals surface area contributed by atoms with Gasteiger partial charge in [0.05, 0.1) is 0 Å². The van der Waals surface area contributed by atoms with E-state index >= 15 is 0 Å². The van der Waals surface area contributed by atoms with E-state index in [0.29, 0.717) is 11.8 Å². The SMILES string of the molecule is Cc1nccn1Cc1ccc(C(C)CNCC(C)C)cc1. The minimum atomic E-state index is 0.549. The van der Waals surface area contributed by atoms with Gasteiger partial charge in [-0.25, -0.2) is 4.98 Å². The first kappa shape index (κ1) is 15.8. The zero-order valence-corrected chi connectivity index (χ0v) is 13.6. The molecule has 2 aromatic rings. The number of benzene rings is 1. The van der Waals surface area contributed by atoms with Gasteiger partial charge in [0.2, 0.25) is 0 Å². The van der Waals surface area contributed by atoms with Crippen molar-refractivity contribution in [1.82, 2.24) is 14.9 Å². The van der Waals surface area contributed by atoms with Crippen LogP contribution in [0.15, 0.2) is 36.7 Å². The van der Waals surface area contributed by atoms with E-state index in [1.54, 1.807) is 0 Å². The molecule has 114 valence electrons. The van der Waals surface area contributed by atoms with Gasteiger partial charge in [0.1, 0.15) is 5.82 Å². The lowest BCUT2D eigenvalue weighted by molar-refractivity contribution is 0.528. The summed E-state index contributed by atoms with van der Waals surface area (Å²) < 4.78 is 2.17. The summed E-state index contributed by atoms with van der Waals surface area (Å²) >= 11 is 0. The molecule has 1 aromatic heterocycles. The Morgan fingerprint density at radius 2 is 1.81 bits per heavy atom. The summed E-state index contributed by atoms with van der Waals surface area (Å²) in [5.41, 5.74) is 2.72. The molecule has 1 N–H and O–H groups in total. The van der Waals surface area contributed by atoms with Gasteiger partial charge in [-0.05, 0) is 36.4 Å². The molecule has 1 atom stereocenters. The lowest BCUT2D eigenvalue weighted by atomic mass is 9.99. The van der Waals surface area contributed by atoms with Crippen LogP contribution in [0.5, 0.6) is 0 Å². The molecule has 3 heteroatoms. The van der Waals surface area contributed by atoms with Crippen LogP contribution in [-0.2, 0) is 6.54 Å². The van der Waals surface area contributed by atoms with Crippen molar-refractivity contribution < 1.29 is 0 Å². The molecule has 0 radical (unpaired) electrons. The highest BCUT2D eigenvalue weighted by molar-refractivity contribution is 5.25.